The highest BCUT2D eigenvalue weighted by Gasteiger charge is 2.34. The van der Waals surface area contributed by atoms with Crippen LogP contribution < -0.4 is 0 Å². The monoisotopic (exact) mass is 295 g/mol. The van der Waals surface area contributed by atoms with Crippen molar-refractivity contribution in [1.29, 1.82) is 0 Å². The second kappa shape index (κ2) is 6.59. The third kappa shape index (κ3) is 3.74. The van der Waals surface area contributed by atoms with Crippen LogP contribution in [0.25, 0.3) is 0 Å². The molecule has 110 valence electrons. The first-order chi connectivity index (χ1) is 9.47. The zero-order valence-electron chi connectivity index (χ0n) is 12.1. The predicted molar refractivity (Wildman–Crippen MR) is 80.6 cm³/mol. The van der Waals surface area contributed by atoms with Crippen molar-refractivity contribution < 1.29 is 9.90 Å². The fourth-order valence-electron chi connectivity index (χ4n) is 2.58. The summed E-state index contributed by atoms with van der Waals surface area (Å²) in [5.74, 6) is 0.725. The Balaban J connectivity index is 1.97. The van der Waals surface area contributed by atoms with Crippen LogP contribution >= 0.6 is 11.6 Å². The smallest absolute Gasteiger partial charge is 0.223 e. The van der Waals surface area contributed by atoms with Gasteiger partial charge in [-0.15, -0.1) is 0 Å². The molecule has 1 heterocycles. The second-order valence-electron chi connectivity index (χ2n) is 5.98. The first kappa shape index (κ1) is 15.3. The molecular weight excluding hydrogens is 274 g/mol. The van der Waals surface area contributed by atoms with Gasteiger partial charge >= 0.3 is 0 Å². The van der Waals surface area contributed by atoms with Crippen LogP contribution in [-0.4, -0.2) is 29.0 Å². The van der Waals surface area contributed by atoms with E-state index in [2.05, 4.69) is 13.8 Å². The van der Waals surface area contributed by atoms with Crippen LogP contribution in [0.1, 0.15) is 38.4 Å². The molecule has 2 rings (SSSR count). The summed E-state index contributed by atoms with van der Waals surface area (Å²) in [7, 11) is 0. The molecule has 0 bridgehead atoms. The molecule has 1 saturated heterocycles. The average Bonchev–Trinajstić information content (AvgIpc) is 2.78. The molecule has 1 aliphatic rings. The summed E-state index contributed by atoms with van der Waals surface area (Å²) in [6, 6.07) is 7.20. The Morgan fingerprint density at radius 2 is 2.00 bits per heavy atom. The molecule has 1 aromatic rings. The third-order valence-corrected chi connectivity index (χ3v) is 4.13. The Morgan fingerprint density at radius 3 is 2.60 bits per heavy atom. The third-order valence-electron chi connectivity index (χ3n) is 3.88. The lowest BCUT2D eigenvalue weighted by Crippen LogP contribution is -2.27. The van der Waals surface area contributed by atoms with Gasteiger partial charge in [0.05, 0.1) is 6.10 Å². The SMILES string of the molecule is CC(C)CCN1CC(C(O)c2ccc(Cl)cc2)CC1=O. The Morgan fingerprint density at radius 1 is 1.35 bits per heavy atom. The molecule has 0 radical (unpaired) electrons. The van der Waals surface area contributed by atoms with Gasteiger partial charge in [0.15, 0.2) is 0 Å². The number of aliphatic hydroxyl groups excluding tert-OH is 1. The van der Waals surface area contributed by atoms with Gasteiger partial charge in [0.1, 0.15) is 0 Å². The lowest BCUT2D eigenvalue weighted by molar-refractivity contribution is -0.127. The molecule has 0 saturated carbocycles. The fourth-order valence-corrected chi connectivity index (χ4v) is 2.70. The standard InChI is InChI=1S/C16H22ClNO2/c1-11(2)7-8-18-10-13(9-15(18)19)16(20)12-3-5-14(17)6-4-12/h3-6,11,13,16,20H,7-10H2,1-2H3. The summed E-state index contributed by atoms with van der Waals surface area (Å²) in [4.78, 5) is 13.9. The van der Waals surface area contributed by atoms with Crippen molar-refractivity contribution >= 4 is 17.5 Å². The number of amides is 1. The van der Waals surface area contributed by atoms with E-state index in [9.17, 15) is 9.90 Å². The van der Waals surface area contributed by atoms with Crippen LogP contribution in [0, 0.1) is 11.8 Å². The number of carbonyl (C=O) groups is 1. The Labute approximate surface area is 125 Å². The summed E-state index contributed by atoms with van der Waals surface area (Å²) >= 11 is 5.85. The van der Waals surface area contributed by atoms with Gasteiger partial charge in [-0.3, -0.25) is 4.79 Å². The lowest BCUT2D eigenvalue weighted by Gasteiger charge is -2.20. The average molecular weight is 296 g/mol. The van der Waals surface area contributed by atoms with Crippen molar-refractivity contribution in [3.8, 4) is 0 Å². The van der Waals surface area contributed by atoms with E-state index in [1.807, 2.05) is 17.0 Å². The molecule has 0 aliphatic carbocycles. The molecule has 0 spiro atoms. The van der Waals surface area contributed by atoms with E-state index in [0.29, 0.717) is 23.9 Å². The summed E-state index contributed by atoms with van der Waals surface area (Å²) in [5, 5.41) is 11.1. The van der Waals surface area contributed by atoms with Crippen molar-refractivity contribution in [2.75, 3.05) is 13.1 Å². The van der Waals surface area contributed by atoms with Gasteiger partial charge in [0.25, 0.3) is 0 Å². The highest BCUT2D eigenvalue weighted by atomic mass is 35.5. The van der Waals surface area contributed by atoms with Gasteiger partial charge in [-0.1, -0.05) is 37.6 Å². The number of halogens is 1. The molecule has 20 heavy (non-hydrogen) atoms. The van der Waals surface area contributed by atoms with E-state index < -0.39 is 6.10 Å². The number of benzene rings is 1. The van der Waals surface area contributed by atoms with E-state index >= 15 is 0 Å². The zero-order valence-corrected chi connectivity index (χ0v) is 12.8. The first-order valence-electron chi connectivity index (χ1n) is 7.18. The highest BCUT2D eigenvalue weighted by molar-refractivity contribution is 6.30. The molecule has 3 nitrogen and oxygen atoms in total. The van der Waals surface area contributed by atoms with Crippen LogP contribution in [0.5, 0.6) is 0 Å². The number of nitrogens with zero attached hydrogens (tertiary/aromatic N) is 1. The summed E-state index contributed by atoms with van der Waals surface area (Å²) in [6.07, 6.45) is 0.845. The Hall–Kier alpha value is -1.06. The molecule has 1 N–H and O–H groups in total. The first-order valence-corrected chi connectivity index (χ1v) is 7.56. The number of hydrogen-bond donors (Lipinski definition) is 1. The van der Waals surface area contributed by atoms with Crippen molar-refractivity contribution in [3.05, 3.63) is 34.9 Å². The van der Waals surface area contributed by atoms with Crippen molar-refractivity contribution in [2.45, 2.75) is 32.8 Å². The van der Waals surface area contributed by atoms with Crippen LogP contribution in [0.4, 0.5) is 0 Å². The van der Waals surface area contributed by atoms with Gasteiger partial charge in [-0.25, -0.2) is 0 Å². The number of carbonyl (C=O) groups excluding carboxylic acids is 1. The highest BCUT2D eigenvalue weighted by Crippen LogP contribution is 2.31. The molecule has 1 aliphatic heterocycles. The minimum absolute atomic E-state index is 0.0177. The molecule has 2 unspecified atom stereocenters. The van der Waals surface area contributed by atoms with E-state index in [1.54, 1.807) is 12.1 Å². The van der Waals surface area contributed by atoms with Crippen LogP contribution in [0.2, 0.25) is 5.02 Å². The molecule has 2 atom stereocenters. The number of likely N-dealkylation sites (tertiary alicyclic amines) is 1. The van der Waals surface area contributed by atoms with E-state index in [-0.39, 0.29) is 11.8 Å². The van der Waals surface area contributed by atoms with E-state index in [1.165, 1.54) is 0 Å². The van der Waals surface area contributed by atoms with Crippen LogP contribution in [0.3, 0.4) is 0 Å². The van der Waals surface area contributed by atoms with Gasteiger partial charge in [-0.05, 0) is 30.0 Å². The zero-order chi connectivity index (χ0) is 14.7. The topological polar surface area (TPSA) is 40.5 Å². The minimum Gasteiger partial charge on any atom is -0.388 e. The van der Waals surface area contributed by atoms with Crippen molar-refractivity contribution in [3.63, 3.8) is 0 Å². The number of rotatable bonds is 5. The van der Waals surface area contributed by atoms with Gasteiger partial charge in [0.2, 0.25) is 5.91 Å². The van der Waals surface area contributed by atoms with E-state index in [0.717, 1.165) is 18.5 Å². The molecule has 1 fully saturated rings. The maximum absolute atomic E-state index is 12.0. The van der Waals surface area contributed by atoms with Crippen molar-refractivity contribution in [1.82, 2.24) is 4.90 Å². The molecule has 4 heteroatoms. The van der Waals surface area contributed by atoms with Crippen LogP contribution in [0.15, 0.2) is 24.3 Å². The number of hydrogen-bond acceptors (Lipinski definition) is 2. The maximum atomic E-state index is 12.0. The van der Waals surface area contributed by atoms with Gasteiger partial charge in [-0.2, -0.15) is 0 Å². The Kier molecular flexibility index (Phi) is 5.06. The maximum Gasteiger partial charge on any atom is 0.223 e. The van der Waals surface area contributed by atoms with Crippen molar-refractivity contribution in [2.24, 2.45) is 11.8 Å². The molecule has 1 amide bonds. The molecule has 1 aromatic carbocycles. The second-order valence-corrected chi connectivity index (χ2v) is 6.42. The fraction of sp³-hybridized carbons (Fsp3) is 0.562. The normalized spacial score (nSPS) is 20.8. The summed E-state index contributed by atoms with van der Waals surface area (Å²) < 4.78 is 0. The summed E-state index contributed by atoms with van der Waals surface area (Å²) in [5.41, 5.74) is 0.831. The molecular formula is C16H22ClNO2. The minimum atomic E-state index is -0.597. The molecule has 0 aromatic heterocycles. The largest absolute Gasteiger partial charge is 0.388 e. The lowest BCUT2D eigenvalue weighted by atomic mass is 9.95. The number of aliphatic hydroxyl groups is 1. The predicted octanol–water partition coefficient (Wildman–Crippen LogP) is 3.27. The van der Waals surface area contributed by atoms with Gasteiger partial charge in [0, 0.05) is 30.5 Å². The van der Waals surface area contributed by atoms with Crippen LogP contribution in [-0.2, 0) is 4.79 Å². The quantitative estimate of drug-likeness (QED) is 0.906. The Bertz CT molecular complexity index is 458. The van der Waals surface area contributed by atoms with Gasteiger partial charge < -0.3 is 10.0 Å². The van der Waals surface area contributed by atoms with E-state index in [4.69, 9.17) is 11.6 Å². The summed E-state index contributed by atoms with van der Waals surface area (Å²) in [6.45, 7) is 5.75.